The largest absolute Gasteiger partial charge is 0.497 e. The van der Waals surface area contributed by atoms with Gasteiger partial charge >= 0.3 is 0 Å². The number of methoxy groups -OCH3 is 2. The fourth-order valence-electron chi connectivity index (χ4n) is 2.41. The number of carbonyl (C=O) groups is 1. The number of nitrogens with one attached hydrogen (secondary N) is 3. The molecule has 0 saturated carbocycles. The van der Waals surface area contributed by atoms with Crippen molar-refractivity contribution in [3.05, 3.63) is 59.7 Å². The summed E-state index contributed by atoms with van der Waals surface area (Å²) in [5.41, 5.74) is 2.07. The van der Waals surface area contributed by atoms with Crippen LogP contribution in [0.25, 0.3) is 0 Å². The lowest BCUT2D eigenvalue weighted by Crippen LogP contribution is -2.43. The Bertz CT molecular complexity index is 765. The van der Waals surface area contributed by atoms with E-state index in [1.165, 1.54) is 0 Å². The third kappa shape index (κ3) is 9.03. The molecule has 1 amide bonds. The number of rotatable bonds is 9. The molecule has 29 heavy (non-hydrogen) atoms. The third-order valence-corrected chi connectivity index (χ3v) is 3.99. The molecule has 2 rings (SSSR count). The molecule has 158 valence electrons. The van der Waals surface area contributed by atoms with Crippen LogP contribution in [-0.2, 0) is 17.9 Å². The van der Waals surface area contributed by atoms with E-state index in [0.29, 0.717) is 25.6 Å². The lowest BCUT2D eigenvalue weighted by molar-refractivity contribution is -0.120. The highest BCUT2D eigenvalue weighted by atomic mass is 127. The van der Waals surface area contributed by atoms with E-state index in [1.54, 1.807) is 14.2 Å². The summed E-state index contributed by atoms with van der Waals surface area (Å²) in [6, 6.07) is 15.3. The Hall–Kier alpha value is -2.49. The molecule has 0 heterocycles. The molecule has 0 aliphatic heterocycles. The molecule has 0 bridgehead atoms. The number of guanidine groups is 1. The maximum absolute atomic E-state index is 12.1. The highest BCUT2D eigenvalue weighted by Gasteiger charge is 2.04. The number of hydrogen-bond donors (Lipinski definition) is 3. The number of ether oxygens (including phenoxy) is 2. The second-order valence-corrected chi connectivity index (χ2v) is 6.02. The Kier molecular flexibility index (Phi) is 11.6. The minimum absolute atomic E-state index is 0. The maximum Gasteiger partial charge on any atom is 0.239 e. The Morgan fingerprint density at radius 1 is 0.862 bits per heavy atom. The van der Waals surface area contributed by atoms with E-state index in [4.69, 9.17) is 9.47 Å². The van der Waals surface area contributed by atoms with Crippen LogP contribution in [0.15, 0.2) is 53.5 Å². The number of aliphatic imine (C=N–C) groups is 1. The van der Waals surface area contributed by atoms with Gasteiger partial charge in [-0.15, -0.1) is 24.0 Å². The molecule has 2 aromatic carbocycles. The second kappa shape index (κ2) is 13.6. The van der Waals surface area contributed by atoms with Gasteiger partial charge in [-0.1, -0.05) is 24.3 Å². The van der Waals surface area contributed by atoms with Crippen molar-refractivity contribution in [2.75, 3.05) is 27.3 Å². The molecule has 0 fully saturated rings. The van der Waals surface area contributed by atoms with Gasteiger partial charge < -0.3 is 25.4 Å². The van der Waals surface area contributed by atoms with E-state index in [9.17, 15) is 4.79 Å². The first-order chi connectivity index (χ1) is 13.6. The Labute approximate surface area is 189 Å². The second-order valence-electron chi connectivity index (χ2n) is 6.02. The molecule has 0 atom stereocenters. The monoisotopic (exact) mass is 512 g/mol. The molecule has 3 N–H and O–H groups in total. The predicted molar refractivity (Wildman–Crippen MR) is 126 cm³/mol. The Morgan fingerprint density at radius 2 is 1.41 bits per heavy atom. The van der Waals surface area contributed by atoms with Crippen LogP contribution in [-0.4, -0.2) is 39.2 Å². The number of benzene rings is 2. The van der Waals surface area contributed by atoms with Crippen LogP contribution < -0.4 is 25.4 Å². The minimum atomic E-state index is -0.106. The van der Waals surface area contributed by atoms with Crippen LogP contribution in [0.1, 0.15) is 18.1 Å². The van der Waals surface area contributed by atoms with Crippen molar-refractivity contribution in [2.24, 2.45) is 4.99 Å². The predicted octanol–water partition coefficient (Wildman–Crippen LogP) is 2.69. The van der Waals surface area contributed by atoms with Crippen molar-refractivity contribution in [1.82, 2.24) is 16.0 Å². The molecule has 2 aromatic rings. The van der Waals surface area contributed by atoms with Gasteiger partial charge in [-0.2, -0.15) is 0 Å². The van der Waals surface area contributed by atoms with Gasteiger partial charge in [0, 0.05) is 13.1 Å². The first-order valence-corrected chi connectivity index (χ1v) is 9.19. The molecule has 0 radical (unpaired) electrons. The number of amides is 1. The van der Waals surface area contributed by atoms with E-state index < -0.39 is 0 Å². The van der Waals surface area contributed by atoms with E-state index >= 15 is 0 Å². The van der Waals surface area contributed by atoms with Gasteiger partial charge in [0.15, 0.2) is 5.96 Å². The summed E-state index contributed by atoms with van der Waals surface area (Å²) in [5, 5.41) is 9.07. The molecule has 0 aliphatic carbocycles. The standard InChI is InChI=1S/C21H28N4O3.HI/c1-4-22-21(24-14-17-7-11-19(28-3)12-8-17)25-15-20(26)23-13-16-5-9-18(27-2)10-6-16;/h5-12H,4,13-15H2,1-3H3,(H,23,26)(H2,22,24,25);1H. The van der Waals surface area contributed by atoms with Gasteiger partial charge in [0.2, 0.25) is 5.91 Å². The lowest BCUT2D eigenvalue weighted by atomic mass is 10.2. The number of halogens is 1. The molecule has 0 unspecified atom stereocenters. The van der Waals surface area contributed by atoms with Crippen LogP contribution in [0.2, 0.25) is 0 Å². The van der Waals surface area contributed by atoms with Gasteiger partial charge in [0.05, 0.1) is 27.3 Å². The molecule has 7 nitrogen and oxygen atoms in total. The summed E-state index contributed by atoms with van der Waals surface area (Å²) in [6.45, 7) is 3.80. The fraction of sp³-hybridized carbons (Fsp3) is 0.333. The van der Waals surface area contributed by atoms with Crippen molar-refractivity contribution in [2.45, 2.75) is 20.0 Å². The first-order valence-electron chi connectivity index (χ1n) is 9.19. The topological polar surface area (TPSA) is 84.0 Å². The Morgan fingerprint density at radius 3 is 1.93 bits per heavy atom. The molecular weight excluding hydrogens is 483 g/mol. The maximum atomic E-state index is 12.1. The summed E-state index contributed by atoms with van der Waals surface area (Å²) in [7, 11) is 3.26. The zero-order valence-electron chi connectivity index (χ0n) is 17.0. The summed E-state index contributed by atoms with van der Waals surface area (Å²) in [4.78, 5) is 16.6. The van der Waals surface area contributed by atoms with Gasteiger partial charge in [0.1, 0.15) is 11.5 Å². The SMILES string of the molecule is CCNC(=NCc1ccc(OC)cc1)NCC(=O)NCc1ccc(OC)cc1.I. The molecule has 0 saturated heterocycles. The van der Waals surface area contributed by atoms with Gasteiger partial charge in [-0.3, -0.25) is 4.79 Å². The van der Waals surface area contributed by atoms with E-state index in [-0.39, 0.29) is 36.4 Å². The van der Waals surface area contributed by atoms with Gasteiger partial charge in [-0.05, 0) is 42.3 Å². The average Bonchev–Trinajstić information content (AvgIpc) is 2.75. The molecule has 0 aromatic heterocycles. The summed E-state index contributed by atoms with van der Waals surface area (Å²) in [5.74, 6) is 2.09. The van der Waals surface area contributed by atoms with Crippen molar-refractivity contribution >= 4 is 35.8 Å². The smallest absolute Gasteiger partial charge is 0.239 e. The molecule has 0 aliphatic rings. The average molecular weight is 512 g/mol. The highest BCUT2D eigenvalue weighted by Crippen LogP contribution is 2.12. The van der Waals surface area contributed by atoms with Crippen LogP contribution in [0.4, 0.5) is 0 Å². The molecule has 8 heteroatoms. The van der Waals surface area contributed by atoms with Gasteiger partial charge in [0.25, 0.3) is 0 Å². The van der Waals surface area contributed by atoms with Crippen LogP contribution in [0.3, 0.4) is 0 Å². The number of nitrogens with zero attached hydrogens (tertiary/aromatic N) is 1. The summed E-state index contributed by atoms with van der Waals surface area (Å²) >= 11 is 0. The zero-order chi connectivity index (χ0) is 20.2. The van der Waals surface area contributed by atoms with Gasteiger partial charge in [-0.25, -0.2) is 4.99 Å². The van der Waals surface area contributed by atoms with Crippen molar-refractivity contribution in [3.63, 3.8) is 0 Å². The molecule has 0 spiro atoms. The van der Waals surface area contributed by atoms with E-state index in [2.05, 4.69) is 20.9 Å². The first kappa shape index (κ1) is 24.5. The third-order valence-electron chi connectivity index (χ3n) is 3.99. The van der Waals surface area contributed by atoms with Crippen LogP contribution >= 0.6 is 24.0 Å². The quantitative estimate of drug-likeness (QED) is 0.274. The fourth-order valence-corrected chi connectivity index (χ4v) is 2.41. The number of hydrogen-bond acceptors (Lipinski definition) is 4. The Balaban J connectivity index is 0.00000420. The normalized spacial score (nSPS) is 10.5. The molecular formula is C21H29IN4O3. The van der Waals surface area contributed by atoms with E-state index in [1.807, 2.05) is 55.5 Å². The summed E-state index contributed by atoms with van der Waals surface area (Å²) < 4.78 is 10.3. The highest BCUT2D eigenvalue weighted by molar-refractivity contribution is 14.0. The van der Waals surface area contributed by atoms with E-state index in [0.717, 1.165) is 22.6 Å². The van der Waals surface area contributed by atoms with Crippen molar-refractivity contribution < 1.29 is 14.3 Å². The number of carbonyl (C=O) groups excluding carboxylic acids is 1. The van der Waals surface area contributed by atoms with Crippen molar-refractivity contribution in [3.8, 4) is 11.5 Å². The zero-order valence-corrected chi connectivity index (χ0v) is 19.4. The lowest BCUT2D eigenvalue weighted by Gasteiger charge is -2.12. The minimum Gasteiger partial charge on any atom is -0.497 e. The summed E-state index contributed by atoms with van der Waals surface area (Å²) in [6.07, 6.45) is 0. The van der Waals surface area contributed by atoms with Crippen LogP contribution in [0.5, 0.6) is 11.5 Å². The van der Waals surface area contributed by atoms with Crippen LogP contribution in [0, 0.1) is 0 Å². The van der Waals surface area contributed by atoms with Crippen molar-refractivity contribution in [1.29, 1.82) is 0 Å².